The van der Waals surface area contributed by atoms with Crippen LogP contribution < -0.4 is 5.63 Å². The van der Waals surface area contributed by atoms with Crippen molar-refractivity contribution in [3.8, 4) is 5.95 Å². The van der Waals surface area contributed by atoms with Crippen molar-refractivity contribution in [3.05, 3.63) is 40.1 Å². The van der Waals surface area contributed by atoms with Crippen LogP contribution in [0.3, 0.4) is 0 Å². The van der Waals surface area contributed by atoms with Crippen LogP contribution in [0.2, 0.25) is 0 Å². The van der Waals surface area contributed by atoms with E-state index >= 15 is 0 Å². The Morgan fingerprint density at radius 1 is 1.44 bits per heavy atom. The van der Waals surface area contributed by atoms with Crippen molar-refractivity contribution in [2.75, 3.05) is 6.61 Å². The first-order valence-electron chi connectivity index (χ1n) is 5.32. The van der Waals surface area contributed by atoms with Crippen molar-refractivity contribution in [3.63, 3.8) is 0 Å². The van der Waals surface area contributed by atoms with E-state index in [4.69, 9.17) is 9.26 Å². The summed E-state index contributed by atoms with van der Waals surface area (Å²) in [5.74, 6) is -0.543. The summed E-state index contributed by atoms with van der Waals surface area (Å²) in [6.07, 6.45) is 2.96. The lowest BCUT2D eigenvalue weighted by Crippen LogP contribution is -2.13. The Bertz CT molecular complexity index is 615. The molecule has 0 aliphatic rings. The molecule has 2 aromatic rings. The minimum absolute atomic E-state index is 0.00745. The van der Waals surface area contributed by atoms with Gasteiger partial charge in [-0.2, -0.15) is 0 Å². The largest absolute Gasteiger partial charge is 0.461 e. The quantitative estimate of drug-likeness (QED) is 0.744. The van der Waals surface area contributed by atoms with Gasteiger partial charge in [-0.1, -0.05) is 0 Å². The van der Waals surface area contributed by atoms with Gasteiger partial charge in [0.2, 0.25) is 0 Å². The molecule has 0 aliphatic heterocycles. The molecule has 0 aliphatic carbocycles. The summed E-state index contributed by atoms with van der Waals surface area (Å²) in [5, 5.41) is 0. The van der Waals surface area contributed by atoms with E-state index < -0.39 is 11.6 Å². The van der Waals surface area contributed by atoms with Gasteiger partial charge in [-0.3, -0.25) is 0 Å². The van der Waals surface area contributed by atoms with E-state index in [9.17, 15) is 9.59 Å². The van der Waals surface area contributed by atoms with Crippen molar-refractivity contribution in [1.82, 2.24) is 14.7 Å². The van der Waals surface area contributed by atoms with Crippen LogP contribution in [-0.4, -0.2) is 27.3 Å². The van der Waals surface area contributed by atoms with Crippen molar-refractivity contribution < 1.29 is 14.1 Å². The lowest BCUT2D eigenvalue weighted by Gasteiger charge is -2.04. The number of aromatic nitrogens is 3. The fourth-order valence-electron chi connectivity index (χ4n) is 1.42. The van der Waals surface area contributed by atoms with Gasteiger partial charge in [0.1, 0.15) is 0 Å². The summed E-state index contributed by atoms with van der Waals surface area (Å²) < 4.78 is 10.8. The van der Waals surface area contributed by atoms with Crippen LogP contribution in [-0.2, 0) is 4.74 Å². The number of carbonyl (C=O) groups excluding carboxylic acids is 1. The Balaban J connectivity index is 2.58. The van der Waals surface area contributed by atoms with Gasteiger partial charge >= 0.3 is 11.6 Å². The predicted octanol–water partition coefficient (Wildman–Crippen LogP) is 0.706. The van der Waals surface area contributed by atoms with Crippen LogP contribution in [0.15, 0.2) is 27.8 Å². The number of hydrogen-bond acceptors (Lipinski definition) is 6. The monoisotopic (exact) mass is 249 g/mol. The molecule has 0 N–H and O–H groups in total. The standard InChI is InChI=1S/C11H11N3O4/c1-3-17-10(16)8-7(2)9(15)18-14(8)11-12-5-4-6-13-11/h4-6H,3H2,1-2H3. The maximum atomic E-state index is 11.8. The van der Waals surface area contributed by atoms with Crippen molar-refractivity contribution in [2.45, 2.75) is 13.8 Å². The second-order valence-electron chi connectivity index (χ2n) is 3.42. The average Bonchev–Trinajstić information content (AvgIpc) is 2.67. The van der Waals surface area contributed by atoms with E-state index in [-0.39, 0.29) is 23.8 Å². The zero-order chi connectivity index (χ0) is 13.1. The number of rotatable bonds is 3. The van der Waals surface area contributed by atoms with E-state index in [1.807, 2.05) is 0 Å². The third kappa shape index (κ3) is 2.02. The van der Waals surface area contributed by atoms with Gasteiger partial charge in [0.25, 0.3) is 5.95 Å². The molecule has 0 atom stereocenters. The summed E-state index contributed by atoms with van der Waals surface area (Å²) in [4.78, 5) is 31.1. The molecule has 0 amide bonds. The molecule has 7 nitrogen and oxygen atoms in total. The highest BCUT2D eigenvalue weighted by Gasteiger charge is 2.24. The second kappa shape index (κ2) is 4.82. The van der Waals surface area contributed by atoms with Crippen LogP contribution in [0.4, 0.5) is 0 Å². The highest BCUT2D eigenvalue weighted by molar-refractivity contribution is 5.89. The third-order valence-electron chi connectivity index (χ3n) is 2.24. The van der Waals surface area contributed by atoms with Crippen molar-refractivity contribution in [2.24, 2.45) is 0 Å². The van der Waals surface area contributed by atoms with Crippen LogP contribution >= 0.6 is 0 Å². The summed E-state index contributed by atoms with van der Waals surface area (Å²) in [6, 6.07) is 1.61. The molecule has 0 unspecified atom stereocenters. The molecule has 0 aromatic carbocycles. The Morgan fingerprint density at radius 3 is 2.72 bits per heavy atom. The lowest BCUT2D eigenvalue weighted by atomic mass is 10.3. The molecule has 94 valence electrons. The molecule has 2 heterocycles. The molecule has 0 saturated heterocycles. The second-order valence-corrected chi connectivity index (χ2v) is 3.42. The Hall–Kier alpha value is -2.44. The smallest absolute Gasteiger partial charge is 0.362 e. The number of carbonyl (C=O) groups is 1. The van der Waals surface area contributed by atoms with Gasteiger partial charge < -0.3 is 9.26 Å². The van der Waals surface area contributed by atoms with Gasteiger partial charge in [-0.25, -0.2) is 19.6 Å². The Kier molecular flexibility index (Phi) is 3.22. The molecular formula is C11H11N3O4. The Labute approximate surface area is 102 Å². The SMILES string of the molecule is CCOC(=O)c1c(C)c(=O)on1-c1ncccn1. The first-order valence-corrected chi connectivity index (χ1v) is 5.32. The minimum Gasteiger partial charge on any atom is -0.461 e. The van der Waals surface area contributed by atoms with Crippen LogP contribution in [0.5, 0.6) is 0 Å². The highest BCUT2D eigenvalue weighted by Crippen LogP contribution is 2.11. The van der Waals surface area contributed by atoms with E-state index in [0.29, 0.717) is 0 Å². The van der Waals surface area contributed by atoms with E-state index in [1.165, 1.54) is 19.3 Å². The zero-order valence-electron chi connectivity index (χ0n) is 9.91. The molecule has 2 aromatic heterocycles. The molecule has 18 heavy (non-hydrogen) atoms. The summed E-state index contributed by atoms with van der Waals surface area (Å²) in [5.41, 5.74) is -0.445. The number of nitrogens with zero attached hydrogens (tertiary/aromatic N) is 3. The van der Waals surface area contributed by atoms with Gasteiger partial charge in [0.05, 0.1) is 12.2 Å². The molecular weight excluding hydrogens is 238 g/mol. The lowest BCUT2D eigenvalue weighted by molar-refractivity contribution is 0.0505. The van der Waals surface area contributed by atoms with Gasteiger partial charge in [-0.15, -0.1) is 4.74 Å². The molecule has 0 saturated carbocycles. The Morgan fingerprint density at radius 2 is 2.11 bits per heavy atom. The number of hydrogen-bond donors (Lipinski definition) is 0. The normalized spacial score (nSPS) is 10.3. The topological polar surface area (TPSA) is 87.2 Å². The van der Waals surface area contributed by atoms with Crippen LogP contribution in [0, 0.1) is 6.92 Å². The van der Waals surface area contributed by atoms with Gasteiger partial charge in [0.15, 0.2) is 5.69 Å². The van der Waals surface area contributed by atoms with Gasteiger partial charge in [-0.05, 0) is 19.9 Å². The van der Waals surface area contributed by atoms with E-state index in [1.54, 1.807) is 13.0 Å². The molecule has 2 rings (SSSR count). The minimum atomic E-state index is -0.645. The predicted molar refractivity (Wildman–Crippen MR) is 60.6 cm³/mol. The van der Waals surface area contributed by atoms with Crippen LogP contribution in [0.25, 0.3) is 5.95 Å². The maximum absolute atomic E-state index is 11.8. The zero-order valence-corrected chi connectivity index (χ0v) is 9.91. The van der Waals surface area contributed by atoms with E-state index in [0.717, 1.165) is 4.74 Å². The summed E-state index contributed by atoms with van der Waals surface area (Å²) in [6.45, 7) is 3.36. The first-order chi connectivity index (χ1) is 8.65. The number of ether oxygens (including phenoxy) is 1. The van der Waals surface area contributed by atoms with Crippen LogP contribution in [0.1, 0.15) is 23.0 Å². The fraction of sp³-hybridized carbons (Fsp3) is 0.273. The first kappa shape index (κ1) is 12.0. The summed E-state index contributed by atoms with van der Waals surface area (Å²) in [7, 11) is 0. The average molecular weight is 249 g/mol. The molecule has 0 spiro atoms. The molecule has 7 heteroatoms. The fourth-order valence-corrected chi connectivity index (χ4v) is 1.42. The van der Waals surface area contributed by atoms with E-state index in [2.05, 4.69) is 9.97 Å². The summed E-state index contributed by atoms with van der Waals surface area (Å²) >= 11 is 0. The van der Waals surface area contributed by atoms with Crippen molar-refractivity contribution >= 4 is 5.97 Å². The number of esters is 1. The highest BCUT2D eigenvalue weighted by atomic mass is 16.5. The van der Waals surface area contributed by atoms with Crippen molar-refractivity contribution in [1.29, 1.82) is 0 Å². The molecule has 0 bridgehead atoms. The van der Waals surface area contributed by atoms with Gasteiger partial charge in [0, 0.05) is 12.4 Å². The molecule has 0 fully saturated rings. The third-order valence-corrected chi connectivity index (χ3v) is 2.24. The maximum Gasteiger partial charge on any atom is 0.362 e. The molecule has 0 radical (unpaired) electrons.